The minimum Gasteiger partial charge on any atom is -0.493 e. The van der Waals surface area contributed by atoms with Gasteiger partial charge in [-0.15, -0.1) is 0 Å². The van der Waals surface area contributed by atoms with Crippen LogP contribution in [-0.2, 0) is 6.54 Å². The van der Waals surface area contributed by atoms with Crippen LogP contribution in [0.2, 0.25) is 0 Å². The Labute approximate surface area is 124 Å². The third kappa shape index (κ3) is 3.73. The molecule has 0 aromatic heterocycles. The van der Waals surface area contributed by atoms with Gasteiger partial charge in [0.2, 0.25) is 0 Å². The van der Waals surface area contributed by atoms with Crippen molar-refractivity contribution in [2.75, 3.05) is 14.2 Å². The van der Waals surface area contributed by atoms with Crippen LogP contribution in [0.15, 0.2) is 42.5 Å². The Bertz CT molecular complexity index is 601. The first-order valence-corrected chi connectivity index (χ1v) is 6.84. The minimum atomic E-state index is -0.222. The quantitative estimate of drug-likeness (QED) is 0.879. The highest BCUT2D eigenvalue weighted by atomic mass is 19.1. The van der Waals surface area contributed by atoms with Gasteiger partial charge >= 0.3 is 0 Å². The van der Waals surface area contributed by atoms with Crippen LogP contribution >= 0.6 is 0 Å². The molecule has 0 saturated heterocycles. The second-order valence-corrected chi connectivity index (χ2v) is 4.81. The molecule has 2 aromatic rings. The van der Waals surface area contributed by atoms with Crippen LogP contribution in [0.25, 0.3) is 0 Å². The van der Waals surface area contributed by atoms with Crippen molar-refractivity contribution in [3.05, 3.63) is 59.4 Å². The van der Waals surface area contributed by atoms with Crippen LogP contribution in [0.3, 0.4) is 0 Å². The van der Waals surface area contributed by atoms with Gasteiger partial charge < -0.3 is 14.8 Å². The Balaban J connectivity index is 2.09. The molecule has 3 nitrogen and oxygen atoms in total. The molecule has 112 valence electrons. The van der Waals surface area contributed by atoms with Gasteiger partial charge in [-0.3, -0.25) is 0 Å². The van der Waals surface area contributed by atoms with Gasteiger partial charge in [-0.05, 0) is 30.7 Å². The Morgan fingerprint density at radius 2 is 1.86 bits per heavy atom. The van der Waals surface area contributed by atoms with Gasteiger partial charge in [-0.1, -0.05) is 24.3 Å². The van der Waals surface area contributed by atoms with Crippen molar-refractivity contribution in [1.82, 2.24) is 5.32 Å². The third-order valence-corrected chi connectivity index (χ3v) is 3.43. The van der Waals surface area contributed by atoms with Gasteiger partial charge in [-0.25, -0.2) is 4.39 Å². The summed E-state index contributed by atoms with van der Waals surface area (Å²) in [6.07, 6.45) is 0. The van der Waals surface area contributed by atoms with Crippen LogP contribution in [0.5, 0.6) is 11.5 Å². The van der Waals surface area contributed by atoms with E-state index >= 15 is 0 Å². The lowest BCUT2D eigenvalue weighted by Crippen LogP contribution is -2.18. The summed E-state index contributed by atoms with van der Waals surface area (Å²) in [5, 5.41) is 3.37. The number of ether oxygens (including phenoxy) is 2. The second-order valence-electron chi connectivity index (χ2n) is 4.81. The third-order valence-electron chi connectivity index (χ3n) is 3.43. The summed E-state index contributed by atoms with van der Waals surface area (Å²) in [5.41, 5.74) is 1.91. The smallest absolute Gasteiger partial charge is 0.165 e. The molecular weight excluding hydrogens is 269 g/mol. The first-order valence-electron chi connectivity index (χ1n) is 6.84. The summed E-state index contributed by atoms with van der Waals surface area (Å²) in [6.45, 7) is 2.61. The van der Waals surface area contributed by atoms with E-state index in [9.17, 15) is 4.39 Å². The molecule has 0 unspecified atom stereocenters. The van der Waals surface area contributed by atoms with Crippen molar-refractivity contribution in [3.8, 4) is 11.5 Å². The lowest BCUT2D eigenvalue weighted by molar-refractivity contribution is 0.350. The van der Waals surface area contributed by atoms with E-state index in [0.29, 0.717) is 12.3 Å². The maximum absolute atomic E-state index is 13.2. The van der Waals surface area contributed by atoms with E-state index in [1.807, 2.05) is 31.2 Å². The summed E-state index contributed by atoms with van der Waals surface area (Å²) in [6, 6.07) is 12.4. The van der Waals surface area contributed by atoms with E-state index in [0.717, 1.165) is 16.9 Å². The fourth-order valence-corrected chi connectivity index (χ4v) is 2.25. The zero-order chi connectivity index (χ0) is 15.2. The van der Waals surface area contributed by atoms with Crippen molar-refractivity contribution in [2.24, 2.45) is 0 Å². The van der Waals surface area contributed by atoms with Crippen molar-refractivity contribution in [2.45, 2.75) is 19.5 Å². The first-order chi connectivity index (χ1) is 10.2. The van der Waals surface area contributed by atoms with E-state index < -0.39 is 0 Å². The average Bonchev–Trinajstić information content (AvgIpc) is 2.51. The van der Waals surface area contributed by atoms with E-state index in [1.54, 1.807) is 26.4 Å². The zero-order valence-corrected chi connectivity index (χ0v) is 12.5. The largest absolute Gasteiger partial charge is 0.493 e. The highest BCUT2D eigenvalue weighted by molar-refractivity contribution is 5.46. The summed E-state index contributed by atoms with van der Waals surface area (Å²) in [4.78, 5) is 0. The van der Waals surface area contributed by atoms with Crippen molar-refractivity contribution in [1.29, 1.82) is 0 Å². The van der Waals surface area contributed by atoms with Gasteiger partial charge in [0.15, 0.2) is 11.5 Å². The molecule has 1 atom stereocenters. The van der Waals surface area contributed by atoms with Crippen molar-refractivity contribution >= 4 is 0 Å². The number of hydrogen-bond acceptors (Lipinski definition) is 3. The predicted molar refractivity (Wildman–Crippen MR) is 81.2 cm³/mol. The molecule has 0 radical (unpaired) electrons. The number of nitrogens with one attached hydrogen (secondary N) is 1. The van der Waals surface area contributed by atoms with E-state index in [4.69, 9.17) is 9.47 Å². The molecule has 0 aliphatic heterocycles. The number of halogens is 1. The molecule has 0 aliphatic carbocycles. The zero-order valence-electron chi connectivity index (χ0n) is 12.5. The summed E-state index contributed by atoms with van der Waals surface area (Å²) in [7, 11) is 3.24. The SMILES string of the molecule is COc1cccc(CN[C@H](C)c2cccc(F)c2)c1OC. The van der Waals surface area contributed by atoms with Crippen molar-refractivity contribution in [3.63, 3.8) is 0 Å². The maximum atomic E-state index is 13.2. The normalized spacial score (nSPS) is 12.0. The molecule has 0 spiro atoms. The fraction of sp³-hybridized carbons (Fsp3) is 0.294. The fourth-order valence-electron chi connectivity index (χ4n) is 2.25. The van der Waals surface area contributed by atoms with E-state index in [-0.39, 0.29) is 11.9 Å². The highest BCUT2D eigenvalue weighted by Gasteiger charge is 2.11. The van der Waals surface area contributed by atoms with Gasteiger partial charge in [0.05, 0.1) is 14.2 Å². The molecule has 0 heterocycles. The number of rotatable bonds is 6. The minimum absolute atomic E-state index is 0.0385. The monoisotopic (exact) mass is 289 g/mol. The van der Waals surface area contributed by atoms with Crippen LogP contribution < -0.4 is 14.8 Å². The van der Waals surface area contributed by atoms with Crippen LogP contribution in [0.4, 0.5) is 4.39 Å². The highest BCUT2D eigenvalue weighted by Crippen LogP contribution is 2.30. The maximum Gasteiger partial charge on any atom is 0.165 e. The van der Waals surface area contributed by atoms with Crippen LogP contribution in [-0.4, -0.2) is 14.2 Å². The van der Waals surface area contributed by atoms with E-state index in [1.165, 1.54) is 6.07 Å². The Morgan fingerprint density at radius 1 is 1.10 bits per heavy atom. The topological polar surface area (TPSA) is 30.5 Å². The molecule has 0 bridgehead atoms. The molecule has 21 heavy (non-hydrogen) atoms. The molecule has 2 aromatic carbocycles. The number of benzene rings is 2. The summed E-state index contributed by atoms with van der Waals surface area (Å²) < 4.78 is 23.9. The Morgan fingerprint density at radius 3 is 2.52 bits per heavy atom. The predicted octanol–water partition coefficient (Wildman–Crippen LogP) is 3.69. The lowest BCUT2D eigenvalue weighted by atomic mass is 10.1. The lowest BCUT2D eigenvalue weighted by Gasteiger charge is -2.17. The van der Waals surface area contributed by atoms with Crippen LogP contribution in [0, 0.1) is 5.82 Å². The Hall–Kier alpha value is -2.07. The second kappa shape index (κ2) is 7.09. The van der Waals surface area contributed by atoms with Crippen LogP contribution in [0.1, 0.15) is 24.1 Å². The number of methoxy groups -OCH3 is 2. The molecule has 0 saturated carbocycles. The number of hydrogen-bond donors (Lipinski definition) is 1. The van der Waals surface area contributed by atoms with Gasteiger partial charge in [-0.2, -0.15) is 0 Å². The first kappa shape index (κ1) is 15.3. The Kier molecular flexibility index (Phi) is 5.17. The van der Waals surface area contributed by atoms with Gasteiger partial charge in [0.25, 0.3) is 0 Å². The molecule has 2 rings (SSSR count). The van der Waals surface area contributed by atoms with Crippen molar-refractivity contribution < 1.29 is 13.9 Å². The molecule has 4 heteroatoms. The molecule has 0 fully saturated rings. The summed E-state index contributed by atoms with van der Waals surface area (Å²) in [5.74, 6) is 1.20. The van der Waals surface area contributed by atoms with Gasteiger partial charge in [0, 0.05) is 18.2 Å². The average molecular weight is 289 g/mol. The standard InChI is InChI=1S/C17H20FNO2/c1-12(13-6-4-8-15(18)10-13)19-11-14-7-5-9-16(20-2)17(14)21-3/h4-10,12,19H,11H2,1-3H3/t12-/m1/s1. The molecule has 0 amide bonds. The molecular formula is C17H20FNO2. The summed E-state index contributed by atoms with van der Waals surface area (Å²) >= 11 is 0. The molecule has 1 N–H and O–H groups in total. The molecule has 0 aliphatic rings. The number of para-hydroxylation sites is 1. The van der Waals surface area contributed by atoms with Gasteiger partial charge in [0.1, 0.15) is 5.82 Å². The van der Waals surface area contributed by atoms with E-state index in [2.05, 4.69) is 5.32 Å².